The van der Waals surface area contributed by atoms with Crippen LogP contribution < -0.4 is 5.32 Å². The first-order valence-electron chi connectivity index (χ1n) is 5.06. The van der Waals surface area contributed by atoms with Crippen molar-refractivity contribution in [3.63, 3.8) is 0 Å². The number of rotatable bonds is 3. The van der Waals surface area contributed by atoms with E-state index in [-0.39, 0.29) is 16.4 Å². The summed E-state index contributed by atoms with van der Waals surface area (Å²) < 4.78 is 0.725. The van der Waals surface area contributed by atoms with Crippen molar-refractivity contribution in [2.75, 3.05) is 5.32 Å². The van der Waals surface area contributed by atoms with E-state index in [1.54, 1.807) is 12.3 Å². The first-order valence-corrected chi connectivity index (χ1v) is 6.23. The largest absolute Gasteiger partial charge is 0.356 e. The summed E-state index contributed by atoms with van der Waals surface area (Å²) in [6.07, 6.45) is 1.60. The zero-order valence-electron chi connectivity index (χ0n) is 9.31. The summed E-state index contributed by atoms with van der Waals surface area (Å²) in [6.45, 7) is 0. The van der Waals surface area contributed by atoms with Crippen molar-refractivity contribution in [3.05, 3.63) is 55.8 Å². The van der Waals surface area contributed by atoms with Crippen LogP contribution in [0, 0.1) is 10.1 Å². The van der Waals surface area contributed by atoms with Crippen LogP contribution in [0.1, 0.15) is 10.5 Å². The molecule has 0 aliphatic heterocycles. The summed E-state index contributed by atoms with van der Waals surface area (Å²) in [4.78, 5) is 24.7. The molecule has 0 atom stereocenters. The molecule has 2 N–H and O–H groups in total. The smallest absolute Gasteiger partial charge is 0.272 e. The van der Waals surface area contributed by atoms with Crippen molar-refractivity contribution in [1.82, 2.24) is 4.98 Å². The van der Waals surface area contributed by atoms with Gasteiger partial charge in [0.25, 0.3) is 11.6 Å². The van der Waals surface area contributed by atoms with Gasteiger partial charge >= 0.3 is 0 Å². The fourth-order valence-corrected chi connectivity index (χ4v) is 1.92. The third-order valence-electron chi connectivity index (χ3n) is 2.30. The van der Waals surface area contributed by atoms with E-state index >= 15 is 0 Å². The molecule has 0 aliphatic rings. The van der Waals surface area contributed by atoms with Crippen LogP contribution in [0.2, 0.25) is 5.02 Å². The van der Waals surface area contributed by atoms with Crippen LogP contribution in [0.4, 0.5) is 11.4 Å². The predicted molar refractivity (Wildman–Crippen MR) is 74.6 cm³/mol. The van der Waals surface area contributed by atoms with Crippen LogP contribution in [0.25, 0.3) is 0 Å². The molecule has 98 valence electrons. The zero-order valence-corrected chi connectivity index (χ0v) is 11.7. The molecule has 8 heteroatoms. The molecule has 2 rings (SSSR count). The summed E-state index contributed by atoms with van der Waals surface area (Å²) in [5, 5.41) is 13.4. The second-order valence-electron chi connectivity index (χ2n) is 3.61. The molecule has 1 aromatic carbocycles. The Bertz CT molecular complexity index is 656. The number of benzene rings is 1. The Morgan fingerprint density at radius 1 is 1.42 bits per heavy atom. The zero-order chi connectivity index (χ0) is 14.0. The SMILES string of the molecule is O=C(Nc1cc([N+](=O)[O-])ccc1Cl)c1cc(Br)c[nH]1. The molecule has 0 saturated heterocycles. The van der Waals surface area contributed by atoms with Gasteiger partial charge in [0, 0.05) is 22.8 Å². The minimum Gasteiger partial charge on any atom is -0.356 e. The summed E-state index contributed by atoms with van der Waals surface area (Å²) in [5.74, 6) is -0.437. The number of amides is 1. The lowest BCUT2D eigenvalue weighted by Gasteiger charge is -2.05. The summed E-state index contributed by atoms with van der Waals surface area (Å²) in [6, 6.07) is 5.42. The van der Waals surface area contributed by atoms with Gasteiger partial charge in [0.1, 0.15) is 5.69 Å². The van der Waals surface area contributed by atoms with E-state index in [0.29, 0.717) is 5.69 Å². The first-order chi connectivity index (χ1) is 8.97. The molecular formula is C11H7BrClN3O3. The minimum absolute atomic E-state index is 0.146. The van der Waals surface area contributed by atoms with E-state index < -0.39 is 10.8 Å². The van der Waals surface area contributed by atoms with E-state index in [9.17, 15) is 14.9 Å². The lowest BCUT2D eigenvalue weighted by Crippen LogP contribution is -2.12. The molecule has 0 bridgehead atoms. The summed E-state index contributed by atoms with van der Waals surface area (Å²) in [7, 11) is 0. The van der Waals surface area contributed by atoms with E-state index in [2.05, 4.69) is 26.2 Å². The molecule has 1 aromatic heterocycles. The molecule has 6 nitrogen and oxygen atoms in total. The number of hydrogen-bond acceptors (Lipinski definition) is 3. The number of anilines is 1. The number of nitro benzene ring substituents is 1. The van der Waals surface area contributed by atoms with Gasteiger partial charge < -0.3 is 10.3 Å². The molecule has 0 saturated carbocycles. The van der Waals surface area contributed by atoms with E-state index in [1.165, 1.54) is 18.2 Å². The molecule has 0 spiro atoms. The van der Waals surface area contributed by atoms with Gasteiger partial charge in [-0.3, -0.25) is 14.9 Å². The number of nitrogens with zero attached hydrogens (tertiary/aromatic N) is 1. The third kappa shape index (κ3) is 3.12. The average Bonchev–Trinajstić information content (AvgIpc) is 2.78. The van der Waals surface area contributed by atoms with Crippen LogP contribution in [0.15, 0.2) is 34.9 Å². The van der Waals surface area contributed by atoms with Crippen molar-refractivity contribution in [3.8, 4) is 0 Å². The van der Waals surface area contributed by atoms with Gasteiger partial charge in [0.15, 0.2) is 0 Å². The number of aromatic amines is 1. The summed E-state index contributed by atoms with van der Waals surface area (Å²) in [5.41, 5.74) is 0.355. The fraction of sp³-hybridized carbons (Fsp3) is 0. The maximum Gasteiger partial charge on any atom is 0.272 e. The van der Waals surface area contributed by atoms with Crippen molar-refractivity contribution < 1.29 is 9.72 Å². The number of non-ortho nitro benzene ring substituents is 1. The van der Waals surface area contributed by atoms with Crippen LogP contribution in [-0.2, 0) is 0 Å². The maximum absolute atomic E-state index is 11.9. The van der Waals surface area contributed by atoms with E-state index in [0.717, 1.165) is 4.47 Å². The molecule has 19 heavy (non-hydrogen) atoms. The van der Waals surface area contributed by atoms with Gasteiger partial charge in [-0.2, -0.15) is 0 Å². The number of carbonyl (C=O) groups is 1. The number of aromatic nitrogens is 1. The number of hydrogen-bond donors (Lipinski definition) is 2. The van der Waals surface area contributed by atoms with Gasteiger partial charge in [-0.05, 0) is 28.1 Å². The number of nitrogens with one attached hydrogen (secondary N) is 2. The third-order valence-corrected chi connectivity index (χ3v) is 3.09. The van der Waals surface area contributed by atoms with Crippen molar-refractivity contribution in [2.45, 2.75) is 0 Å². The molecular weight excluding hydrogens is 337 g/mol. The van der Waals surface area contributed by atoms with Crippen molar-refractivity contribution in [1.29, 1.82) is 0 Å². The lowest BCUT2D eigenvalue weighted by atomic mass is 10.2. The van der Waals surface area contributed by atoms with Gasteiger partial charge in [0.05, 0.1) is 15.6 Å². The standard InChI is InChI=1S/C11H7BrClN3O3/c12-6-3-10(14-5-6)11(17)15-9-4-7(16(18)19)1-2-8(9)13/h1-5,14H,(H,15,17). The number of H-pyrrole nitrogens is 1. The van der Waals surface area contributed by atoms with Gasteiger partial charge in [-0.15, -0.1) is 0 Å². The molecule has 0 unspecified atom stereocenters. The second kappa shape index (κ2) is 5.41. The fourth-order valence-electron chi connectivity index (χ4n) is 1.41. The van der Waals surface area contributed by atoms with Gasteiger partial charge in [-0.1, -0.05) is 11.6 Å². The average molecular weight is 345 g/mol. The van der Waals surface area contributed by atoms with Gasteiger partial charge in [-0.25, -0.2) is 0 Å². The monoisotopic (exact) mass is 343 g/mol. The molecule has 2 aromatic rings. The van der Waals surface area contributed by atoms with E-state index in [4.69, 9.17) is 11.6 Å². The second-order valence-corrected chi connectivity index (χ2v) is 4.93. The van der Waals surface area contributed by atoms with Crippen LogP contribution in [-0.4, -0.2) is 15.8 Å². The highest BCUT2D eigenvalue weighted by Crippen LogP contribution is 2.27. The Hall–Kier alpha value is -1.86. The molecule has 0 aliphatic carbocycles. The van der Waals surface area contributed by atoms with Crippen LogP contribution in [0.5, 0.6) is 0 Å². The highest BCUT2D eigenvalue weighted by atomic mass is 79.9. The summed E-state index contributed by atoms with van der Waals surface area (Å²) >= 11 is 9.09. The Labute approximate surface area is 121 Å². The topological polar surface area (TPSA) is 88.0 Å². The molecule has 1 heterocycles. The van der Waals surface area contributed by atoms with Gasteiger partial charge in [0.2, 0.25) is 0 Å². The number of carbonyl (C=O) groups excluding carboxylic acids is 1. The lowest BCUT2D eigenvalue weighted by molar-refractivity contribution is -0.384. The van der Waals surface area contributed by atoms with Crippen LogP contribution >= 0.6 is 27.5 Å². The maximum atomic E-state index is 11.9. The van der Waals surface area contributed by atoms with Crippen molar-refractivity contribution >= 4 is 44.8 Å². The number of halogens is 2. The quantitative estimate of drug-likeness (QED) is 0.659. The normalized spacial score (nSPS) is 10.2. The van der Waals surface area contributed by atoms with E-state index in [1.807, 2.05) is 0 Å². The molecule has 0 fully saturated rings. The highest BCUT2D eigenvalue weighted by Gasteiger charge is 2.14. The van der Waals surface area contributed by atoms with Crippen LogP contribution in [0.3, 0.4) is 0 Å². The Balaban J connectivity index is 2.25. The van der Waals surface area contributed by atoms with Crippen molar-refractivity contribution in [2.24, 2.45) is 0 Å². The number of nitro groups is 1. The Morgan fingerprint density at radius 3 is 2.74 bits per heavy atom. The predicted octanol–water partition coefficient (Wildman–Crippen LogP) is 3.59. The molecule has 1 amide bonds. The molecule has 0 radical (unpaired) electrons. The Morgan fingerprint density at radius 2 is 2.16 bits per heavy atom. The Kier molecular flexibility index (Phi) is 3.87. The first kappa shape index (κ1) is 13.6. The highest BCUT2D eigenvalue weighted by molar-refractivity contribution is 9.10. The minimum atomic E-state index is -0.558.